The van der Waals surface area contributed by atoms with Gasteiger partial charge in [0.1, 0.15) is 5.60 Å². The first-order chi connectivity index (χ1) is 9.23. The first-order valence-electron chi connectivity index (χ1n) is 7.01. The molecule has 1 saturated carbocycles. The molecule has 6 heteroatoms. The molecule has 0 bridgehead atoms. The summed E-state index contributed by atoms with van der Waals surface area (Å²) in [6, 6.07) is 0. The Morgan fingerprint density at radius 3 is 2.40 bits per heavy atom. The van der Waals surface area contributed by atoms with Gasteiger partial charge in [0.25, 0.3) is 0 Å². The van der Waals surface area contributed by atoms with Gasteiger partial charge in [-0.1, -0.05) is 0 Å². The van der Waals surface area contributed by atoms with Gasteiger partial charge in [0.15, 0.2) is 0 Å². The lowest BCUT2D eigenvalue weighted by Crippen LogP contribution is -2.40. The second kappa shape index (κ2) is 6.92. The quantitative estimate of drug-likeness (QED) is 0.784. The third-order valence-corrected chi connectivity index (χ3v) is 3.39. The highest BCUT2D eigenvalue weighted by atomic mass is 16.7. The van der Waals surface area contributed by atoms with Crippen molar-refractivity contribution in [2.75, 3.05) is 20.7 Å². The number of hydroxylamine groups is 2. The van der Waals surface area contributed by atoms with E-state index in [1.807, 2.05) is 20.8 Å². The normalized spacial score (nSPS) is 21.9. The van der Waals surface area contributed by atoms with E-state index < -0.39 is 5.60 Å². The summed E-state index contributed by atoms with van der Waals surface area (Å²) in [6.07, 6.45) is 2.22. The van der Waals surface area contributed by atoms with Crippen LogP contribution in [0.15, 0.2) is 0 Å². The van der Waals surface area contributed by atoms with Crippen LogP contribution in [0.2, 0.25) is 0 Å². The average Bonchev–Trinajstić information content (AvgIpc) is 2.27. The summed E-state index contributed by atoms with van der Waals surface area (Å²) in [5, 5.41) is 4.01. The van der Waals surface area contributed by atoms with Crippen molar-refractivity contribution in [3.05, 3.63) is 0 Å². The van der Waals surface area contributed by atoms with Gasteiger partial charge in [0.05, 0.1) is 7.11 Å². The minimum Gasteiger partial charge on any atom is -0.444 e. The molecule has 6 nitrogen and oxygen atoms in total. The highest BCUT2D eigenvalue weighted by Crippen LogP contribution is 2.36. The monoisotopic (exact) mass is 286 g/mol. The van der Waals surface area contributed by atoms with Crippen LogP contribution in [0.3, 0.4) is 0 Å². The molecule has 2 amide bonds. The molecule has 0 saturated heterocycles. The second-order valence-corrected chi connectivity index (χ2v) is 6.27. The van der Waals surface area contributed by atoms with Crippen LogP contribution in [0.1, 0.15) is 40.0 Å². The third-order valence-electron chi connectivity index (χ3n) is 3.39. The number of nitrogens with zero attached hydrogens (tertiary/aromatic N) is 1. The number of alkyl carbamates (subject to hydrolysis) is 1. The molecule has 0 unspecified atom stereocenters. The number of hydrogen-bond donors (Lipinski definition) is 1. The lowest BCUT2D eigenvalue weighted by atomic mass is 9.73. The molecule has 0 atom stereocenters. The van der Waals surface area contributed by atoms with E-state index in [1.165, 1.54) is 12.2 Å². The highest BCUT2D eigenvalue weighted by molar-refractivity contribution is 5.78. The van der Waals surface area contributed by atoms with Gasteiger partial charge in [-0.15, -0.1) is 0 Å². The van der Waals surface area contributed by atoms with Crippen molar-refractivity contribution in [3.63, 3.8) is 0 Å². The number of amides is 2. The lowest BCUT2D eigenvalue weighted by Gasteiger charge is -2.35. The van der Waals surface area contributed by atoms with Crippen LogP contribution in [-0.2, 0) is 14.4 Å². The fourth-order valence-electron chi connectivity index (χ4n) is 2.21. The SMILES string of the molecule is CON(C)C(=O)[C@H]1C[C@@H](CCNC(=O)OC(C)(C)C)C1. The maximum Gasteiger partial charge on any atom is 0.407 e. The Labute approximate surface area is 120 Å². The van der Waals surface area contributed by atoms with E-state index in [-0.39, 0.29) is 17.9 Å². The smallest absolute Gasteiger partial charge is 0.407 e. The second-order valence-electron chi connectivity index (χ2n) is 6.27. The zero-order chi connectivity index (χ0) is 15.3. The van der Waals surface area contributed by atoms with Gasteiger partial charge >= 0.3 is 6.09 Å². The number of hydrogen-bond acceptors (Lipinski definition) is 4. The topological polar surface area (TPSA) is 67.9 Å². The molecule has 1 N–H and O–H groups in total. The maximum atomic E-state index is 11.8. The molecule has 20 heavy (non-hydrogen) atoms. The molecule has 116 valence electrons. The molecule has 0 heterocycles. The predicted octanol–water partition coefficient (Wildman–Crippen LogP) is 1.95. The summed E-state index contributed by atoms with van der Waals surface area (Å²) in [5.74, 6) is 0.583. The summed E-state index contributed by atoms with van der Waals surface area (Å²) in [6.45, 7) is 6.09. The van der Waals surface area contributed by atoms with Crippen molar-refractivity contribution in [2.24, 2.45) is 11.8 Å². The standard InChI is InChI=1S/C14H26N2O4/c1-14(2,3)20-13(18)15-7-6-10-8-11(9-10)12(17)16(4)19-5/h10-11H,6-9H2,1-5H3,(H,15,18)/t10-,11+. The van der Waals surface area contributed by atoms with E-state index in [0.29, 0.717) is 12.5 Å². The van der Waals surface area contributed by atoms with Crippen molar-refractivity contribution in [3.8, 4) is 0 Å². The Morgan fingerprint density at radius 2 is 1.90 bits per heavy atom. The minimum absolute atomic E-state index is 0.0313. The Hall–Kier alpha value is -1.30. The van der Waals surface area contributed by atoms with Crippen LogP contribution in [0.25, 0.3) is 0 Å². The number of rotatable bonds is 5. The average molecular weight is 286 g/mol. The number of ether oxygens (including phenoxy) is 1. The molecule has 0 spiro atoms. The molecule has 1 aliphatic carbocycles. The van der Waals surface area contributed by atoms with E-state index in [4.69, 9.17) is 9.57 Å². The molecule has 0 aromatic heterocycles. The van der Waals surface area contributed by atoms with E-state index in [2.05, 4.69) is 5.32 Å². The van der Waals surface area contributed by atoms with Crippen molar-refractivity contribution in [2.45, 2.75) is 45.6 Å². The van der Waals surface area contributed by atoms with E-state index >= 15 is 0 Å². The Morgan fingerprint density at radius 1 is 1.30 bits per heavy atom. The van der Waals surface area contributed by atoms with Gasteiger partial charge in [-0.05, 0) is 46.0 Å². The van der Waals surface area contributed by atoms with Gasteiger partial charge in [-0.2, -0.15) is 0 Å². The van der Waals surface area contributed by atoms with Crippen LogP contribution in [-0.4, -0.2) is 43.4 Å². The molecule has 1 fully saturated rings. The first kappa shape index (κ1) is 16.8. The zero-order valence-corrected chi connectivity index (χ0v) is 13.1. The van der Waals surface area contributed by atoms with Crippen LogP contribution >= 0.6 is 0 Å². The lowest BCUT2D eigenvalue weighted by molar-refractivity contribution is -0.177. The molecular weight excluding hydrogens is 260 g/mol. The van der Waals surface area contributed by atoms with E-state index in [0.717, 1.165) is 19.3 Å². The molecule has 1 rings (SSSR count). The zero-order valence-electron chi connectivity index (χ0n) is 13.1. The van der Waals surface area contributed by atoms with Crippen LogP contribution in [0, 0.1) is 11.8 Å². The van der Waals surface area contributed by atoms with Crippen molar-refractivity contribution >= 4 is 12.0 Å². The van der Waals surface area contributed by atoms with Crippen LogP contribution in [0.4, 0.5) is 4.79 Å². The summed E-state index contributed by atoms with van der Waals surface area (Å²) < 4.78 is 5.15. The van der Waals surface area contributed by atoms with Gasteiger partial charge < -0.3 is 10.1 Å². The van der Waals surface area contributed by atoms with Gasteiger partial charge in [0.2, 0.25) is 5.91 Å². The van der Waals surface area contributed by atoms with Crippen molar-refractivity contribution < 1.29 is 19.2 Å². The predicted molar refractivity (Wildman–Crippen MR) is 74.8 cm³/mol. The molecule has 0 aliphatic heterocycles. The summed E-state index contributed by atoms with van der Waals surface area (Å²) in [5.41, 5.74) is -0.469. The van der Waals surface area contributed by atoms with Gasteiger partial charge in [-0.3, -0.25) is 9.63 Å². The van der Waals surface area contributed by atoms with Crippen LogP contribution in [0.5, 0.6) is 0 Å². The van der Waals surface area contributed by atoms with Crippen LogP contribution < -0.4 is 5.32 Å². The maximum absolute atomic E-state index is 11.8. The summed E-state index contributed by atoms with van der Waals surface area (Å²) >= 11 is 0. The Balaban J connectivity index is 2.12. The third kappa shape index (κ3) is 5.36. The van der Waals surface area contributed by atoms with Gasteiger partial charge in [-0.25, -0.2) is 9.86 Å². The first-order valence-corrected chi connectivity index (χ1v) is 7.01. The summed E-state index contributed by atoms with van der Waals surface area (Å²) in [7, 11) is 3.11. The Kier molecular flexibility index (Phi) is 5.80. The van der Waals surface area contributed by atoms with E-state index in [1.54, 1.807) is 7.05 Å². The van der Waals surface area contributed by atoms with Crippen molar-refractivity contribution in [1.29, 1.82) is 0 Å². The van der Waals surface area contributed by atoms with E-state index in [9.17, 15) is 9.59 Å². The van der Waals surface area contributed by atoms with Crippen molar-refractivity contribution in [1.82, 2.24) is 10.4 Å². The molecular formula is C14H26N2O4. The van der Waals surface area contributed by atoms with Gasteiger partial charge in [0, 0.05) is 19.5 Å². The fraction of sp³-hybridized carbons (Fsp3) is 0.857. The molecule has 0 aromatic rings. The number of carbonyl (C=O) groups is 2. The summed E-state index contributed by atoms with van der Waals surface area (Å²) in [4.78, 5) is 28.1. The number of nitrogens with one attached hydrogen (secondary N) is 1. The Bertz CT molecular complexity index is 346. The molecule has 0 radical (unpaired) electrons. The number of carbonyl (C=O) groups excluding carboxylic acids is 2. The highest BCUT2D eigenvalue weighted by Gasteiger charge is 2.35. The fourth-order valence-corrected chi connectivity index (χ4v) is 2.21. The molecule has 0 aromatic carbocycles. The minimum atomic E-state index is -0.469. The molecule has 1 aliphatic rings. The largest absolute Gasteiger partial charge is 0.444 e.